The van der Waals surface area contributed by atoms with Gasteiger partial charge in [0, 0.05) is 6.04 Å². The van der Waals surface area contributed by atoms with Gasteiger partial charge in [-0.15, -0.1) is 0 Å². The lowest BCUT2D eigenvalue weighted by Crippen LogP contribution is -2.46. The molecule has 1 heteroatoms. The van der Waals surface area contributed by atoms with Gasteiger partial charge in [-0.05, 0) is 44.1 Å². The largest absolute Gasteiger partial charge is 0.316 e. The molecule has 0 aromatic heterocycles. The van der Waals surface area contributed by atoms with E-state index in [1.165, 1.54) is 51.4 Å². The fourth-order valence-corrected chi connectivity index (χ4v) is 3.81. The van der Waals surface area contributed by atoms with Gasteiger partial charge in [-0.3, -0.25) is 0 Å². The molecule has 88 valence electrons. The van der Waals surface area contributed by atoms with E-state index in [1.807, 2.05) is 0 Å². The Bertz CT molecular complexity index is 186. The molecule has 0 bridgehead atoms. The van der Waals surface area contributed by atoms with Crippen LogP contribution in [0.5, 0.6) is 0 Å². The Labute approximate surface area is 95.0 Å². The maximum absolute atomic E-state index is 3.64. The lowest BCUT2D eigenvalue weighted by atomic mass is 9.66. The van der Waals surface area contributed by atoms with Crippen molar-refractivity contribution in [3.05, 3.63) is 0 Å². The highest BCUT2D eigenvalue weighted by Crippen LogP contribution is 2.41. The summed E-state index contributed by atoms with van der Waals surface area (Å²) in [6, 6.07) is 0.837. The van der Waals surface area contributed by atoms with Crippen molar-refractivity contribution in [1.82, 2.24) is 5.32 Å². The molecular formula is C14H27N. The Morgan fingerprint density at radius 2 is 1.80 bits per heavy atom. The van der Waals surface area contributed by atoms with Gasteiger partial charge < -0.3 is 5.32 Å². The first-order valence-corrected chi connectivity index (χ1v) is 7.04. The molecule has 2 aliphatic rings. The molecule has 3 atom stereocenters. The minimum absolute atomic E-state index is 0.837. The van der Waals surface area contributed by atoms with Gasteiger partial charge in [0.25, 0.3) is 0 Å². The van der Waals surface area contributed by atoms with E-state index in [1.54, 1.807) is 0 Å². The van der Waals surface area contributed by atoms with Gasteiger partial charge in [-0.25, -0.2) is 0 Å². The normalized spacial score (nSPS) is 34.8. The second kappa shape index (κ2) is 5.34. The van der Waals surface area contributed by atoms with Gasteiger partial charge in [-0.2, -0.15) is 0 Å². The summed E-state index contributed by atoms with van der Waals surface area (Å²) in [5.41, 5.74) is 0. The molecule has 2 saturated carbocycles. The van der Waals surface area contributed by atoms with Crippen molar-refractivity contribution in [1.29, 1.82) is 0 Å². The van der Waals surface area contributed by atoms with Crippen LogP contribution in [0, 0.1) is 17.8 Å². The Morgan fingerprint density at radius 1 is 1.07 bits per heavy atom. The van der Waals surface area contributed by atoms with Crippen molar-refractivity contribution in [3.63, 3.8) is 0 Å². The molecule has 1 N–H and O–H groups in total. The van der Waals surface area contributed by atoms with Crippen LogP contribution in [-0.2, 0) is 0 Å². The smallest absolute Gasteiger partial charge is 0.0123 e. The fourth-order valence-electron chi connectivity index (χ4n) is 3.81. The van der Waals surface area contributed by atoms with Gasteiger partial charge in [0.05, 0.1) is 0 Å². The van der Waals surface area contributed by atoms with E-state index >= 15 is 0 Å². The molecule has 2 fully saturated rings. The first-order valence-electron chi connectivity index (χ1n) is 7.04. The lowest BCUT2D eigenvalue weighted by Gasteiger charge is -2.43. The number of hydrogen-bond donors (Lipinski definition) is 1. The Hall–Kier alpha value is -0.0400. The van der Waals surface area contributed by atoms with Crippen molar-refractivity contribution < 1.29 is 0 Å². The summed E-state index contributed by atoms with van der Waals surface area (Å²) in [6.45, 7) is 2.39. The number of rotatable bonds is 4. The molecule has 0 radical (unpaired) electrons. The zero-order valence-electron chi connectivity index (χ0n) is 10.5. The van der Waals surface area contributed by atoms with Crippen molar-refractivity contribution in [2.45, 2.75) is 64.3 Å². The molecule has 0 aromatic rings. The molecule has 0 heterocycles. The van der Waals surface area contributed by atoms with Gasteiger partial charge in [0.15, 0.2) is 0 Å². The lowest BCUT2D eigenvalue weighted by molar-refractivity contribution is 0.106. The van der Waals surface area contributed by atoms with E-state index in [-0.39, 0.29) is 0 Å². The molecule has 0 saturated heterocycles. The first kappa shape index (κ1) is 11.4. The minimum atomic E-state index is 0.837. The van der Waals surface area contributed by atoms with Gasteiger partial charge in [0.1, 0.15) is 0 Å². The highest BCUT2D eigenvalue weighted by Gasteiger charge is 2.36. The summed E-state index contributed by atoms with van der Waals surface area (Å²) in [5.74, 6) is 3.00. The highest BCUT2D eigenvalue weighted by atomic mass is 14.9. The fraction of sp³-hybridized carbons (Fsp3) is 1.00. The second-order valence-corrected chi connectivity index (χ2v) is 5.62. The van der Waals surface area contributed by atoms with Crippen LogP contribution in [0.25, 0.3) is 0 Å². The molecule has 2 rings (SSSR count). The van der Waals surface area contributed by atoms with Crippen molar-refractivity contribution in [2.75, 3.05) is 7.05 Å². The Balaban J connectivity index is 1.97. The van der Waals surface area contributed by atoms with E-state index in [2.05, 4.69) is 19.3 Å². The zero-order valence-corrected chi connectivity index (χ0v) is 10.5. The van der Waals surface area contributed by atoms with Crippen LogP contribution in [0.1, 0.15) is 58.3 Å². The van der Waals surface area contributed by atoms with Crippen LogP contribution >= 0.6 is 0 Å². The Morgan fingerprint density at radius 3 is 2.33 bits per heavy atom. The quantitative estimate of drug-likeness (QED) is 0.746. The molecule has 0 amide bonds. The molecule has 0 spiro atoms. The van der Waals surface area contributed by atoms with Crippen molar-refractivity contribution in [2.24, 2.45) is 17.8 Å². The summed E-state index contributed by atoms with van der Waals surface area (Å²) in [7, 11) is 2.18. The molecule has 1 nitrogen and oxygen atoms in total. The standard InChI is InChI=1S/C14H27N/c1-3-11-7-4-5-10-13(11)14(15-2)12-8-6-9-12/h11-15H,3-10H2,1-2H3. The monoisotopic (exact) mass is 209 g/mol. The summed E-state index contributed by atoms with van der Waals surface area (Å²) >= 11 is 0. The summed E-state index contributed by atoms with van der Waals surface area (Å²) < 4.78 is 0. The maximum Gasteiger partial charge on any atom is 0.0123 e. The minimum Gasteiger partial charge on any atom is -0.316 e. The van der Waals surface area contributed by atoms with Crippen LogP contribution < -0.4 is 5.32 Å². The van der Waals surface area contributed by atoms with Crippen LogP contribution in [0.2, 0.25) is 0 Å². The third-order valence-electron chi connectivity index (χ3n) is 4.94. The number of hydrogen-bond acceptors (Lipinski definition) is 1. The summed E-state index contributed by atoms with van der Waals surface area (Å²) in [4.78, 5) is 0. The zero-order chi connectivity index (χ0) is 10.7. The van der Waals surface area contributed by atoms with Crippen LogP contribution in [0.4, 0.5) is 0 Å². The van der Waals surface area contributed by atoms with E-state index in [4.69, 9.17) is 0 Å². The topological polar surface area (TPSA) is 12.0 Å². The molecule has 15 heavy (non-hydrogen) atoms. The van der Waals surface area contributed by atoms with Crippen LogP contribution in [0.3, 0.4) is 0 Å². The van der Waals surface area contributed by atoms with E-state index in [0.29, 0.717) is 0 Å². The van der Waals surface area contributed by atoms with E-state index in [9.17, 15) is 0 Å². The van der Waals surface area contributed by atoms with Crippen LogP contribution in [0.15, 0.2) is 0 Å². The number of nitrogens with one attached hydrogen (secondary N) is 1. The SMILES string of the molecule is CCC1CCCCC1C(NC)C1CCC1. The van der Waals surface area contributed by atoms with Gasteiger partial charge >= 0.3 is 0 Å². The third-order valence-corrected chi connectivity index (χ3v) is 4.94. The molecule has 3 unspecified atom stereocenters. The van der Waals surface area contributed by atoms with E-state index in [0.717, 1.165) is 23.8 Å². The average molecular weight is 209 g/mol. The van der Waals surface area contributed by atoms with E-state index < -0.39 is 0 Å². The maximum atomic E-state index is 3.64. The molecule has 2 aliphatic carbocycles. The predicted molar refractivity (Wildman–Crippen MR) is 65.9 cm³/mol. The molecule has 0 aromatic carbocycles. The van der Waals surface area contributed by atoms with Gasteiger partial charge in [0.2, 0.25) is 0 Å². The summed E-state index contributed by atoms with van der Waals surface area (Å²) in [6.07, 6.45) is 11.8. The summed E-state index contributed by atoms with van der Waals surface area (Å²) in [5, 5.41) is 3.64. The van der Waals surface area contributed by atoms with Crippen LogP contribution in [-0.4, -0.2) is 13.1 Å². The first-order chi connectivity index (χ1) is 7.36. The highest BCUT2D eigenvalue weighted by molar-refractivity contribution is 4.91. The average Bonchev–Trinajstić information content (AvgIpc) is 2.23. The predicted octanol–water partition coefficient (Wildman–Crippen LogP) is 3.59. The Kier molecular flexibility index (Phi) is 4.07. The third kappa shape index (κ3) is 2.38. The second-order valence-electron chi connectivity index (χ2n) is 5.62. The van der Waals surface area contributed by atoms with Gasteiger partial charge in [-0.1, -0.05) is 39.0 Å². The van der Waals surface area contributed by atoms with Crippen molar-refractivity contribution >= 4 is 0 Å². The molecular weight excluding hydrogens is 182 g/mol. The van der Waals surface area contributed by atoms with Crippen molar-refractivity contribution in [3.8, 4) is 0 Å². The molecule has 0 aliphatic heterocycles.